The van der Waals surface area contributed by atoms with Crippen molar-refractivity contribution in [2.75, 3.05) is 13.2 Å². The van der Waals surface area contributed by atoms with Crippen molar-refractivity contribution in [2.45, 2.75) is 13.0 Å². The molecule has 1 amide bonds. The van der Waals surface area contributed by atoms with E-state index in [2.05, 4.69) is 5.32 Å². The van der Waals surface area contributed by atoms with E-state index in [1.807, 2.05) is 6.07 Å². The molecule has 0 spiro atoms. The van der Waals surface area contributed by atoms with Crippen molar-refractivity contribution in [3.8, 4) is 11.5 Å². The van der Waals surface area contributed by atoms with Crippen molar-refractivity contribution in [3.63, 3.8) is 0 Å². The number of hydrogen-bond acceptors (Lipinski definition) is 4. The van der Waals surface area contributed by atoms with Gasteiger partial charge in [0.15, 0.2) is 11.5 Å². The number of fused-ring (bicyclic) bond motifs is 1. The van der Waals surface area contributed by atoms with Crippen LogP contribution in [0.2, 0.25) is 0 Å². The molecule has 0 bridgehead atoms. The molecule has 2 rings (SSSR count). The normalized spacial score (nSPS) is 18.5. The highest BCUT2D eigenvalue weighted by molar-refractivity contribution is 5.82. The number of ether oxygens (including phenoxy) is 2. The van der Waals surface area contributed by atoms with Crippen LogP contribution in [0.5, 0.6) is 11.5 Å². The van der Waals surface area contributed by atoms with E-state index >= 15 is 0 Å². The van der Waals surface area contributed by atoms with Crippen LogP contribution in [0.3, 0.4) is 0 Å². The summed E-state index contributed by atoms with van der Waals surface area (Å²) in [7, 11) is 0. The molecule has 2 atom stereocenters. The van der Waals surface area contributed by atoms with Gasteiger partial charge in [-0.05, 0) is 12.1 Å². The second kappa shape index (κ2) is 5.60. The van der Waals surface area contributed by atoms with Crippen molar-refractivity contribution in [1.82, 2.24) is 5.32 Å². The second-order valence-electron chi connectivity index (χ2n) is 4.35. The van der Waals surface area contributed by atoms with Gasteiger partial charge in [-0.2, -0.15) is 0 Å². The molecule has 19 heavy (non-hydrogen) atoms. The molecule has 6 nitrogen and oxygen atoms in total. The van der Waals surface area contributed by atoms with Gasteiger partial charge in [-0.1, -0.05) is 19.1 Å². The summed E-state index contributed by atoms with van der Waals surface area (Å²) in [6, 6.07) is 7.08. The first kappa shape index (κ1) is 13.2. The second-order valence-corrected chi connectivity index (χ2v) is 4.35. The standard InChI is InChI=1S/C13H15NO5/c1-8(13(16)17)6-14-12(15)11-7-18-9-4-2-3-5-10(9)19-11/h2-5,8,11H,6-7H2,1H3,(H,14,15)(H,16,17)/t8-,11+/m0/s1. The van der Waals surface area contributed by atoms with Crippen LogP contribution in [0.1, 0.15) is 6.92 Å². The van der Waals surface area contributed by atoms with E-state index in [0.717, 1.165) is 0 Å². The number of carbonyl (C=O) groups excluding carboxylic acids is 1. The fraction of sp³-hybridized carbons (Fsp3) is 0.385. The predicted molar refractivity (Wildman–Crippen MR) is 66.2 cm³/mol. The Bertz CT molecular complexity index is 488. The average Bonchev–Trinajstić information content (AvgIpc) is 2.43. The Kier molecular flexibility index (Phi) is 3.89. The van der Waals surface area contributed by atoms with Gasteiger partial charge in [0.2, 0.25) is 6.10 Å². The number of hydrogen-bond donors (Lipinski definition) is 2. The lowest BCUT2D eigenvalue weighted by atomic mass is 10.2. The summed E-state index contributed by atoms with van der Waals surface area (Å²) in [6.07, 6.45) is -0.754. The highest BCUT2D eigenvalue weighted by Gasteiger charge is 2.27. The van der Waals surface area contributed by atoms with E-state index in [4.69, 9.17) is 14.6 Å². The Balaban J connectivity index is 1.90. The Labute approximate surface area is 110 Å². The van der Waals surface area contributed by atoms with Crippen LogP contribution in [0.15, 0.2) is 24.3 Å². The Morgan fingerprint density at radius 1 is 1.42 bits per heavy atom. The van der Waals surface area contributed by atoms with Gasteiger partial charge in [-0.3, -0.25) is 9.59 Å². The molecular formula is C13H15NO5. The van der Waals surface area contributed by atoms with Crippen LogP contribution in [0.4, 0.5) is 0 Å². The molecule has 0 saturated carbocycles. The largest absolute Gasteiger partial charge is 0.485 e. The molecule has 2 N–H and O–H groups in total. The predicted octanol–water partition coefficient (Wildman–Crippen LogP) is 0.663. The lowest BCUT2D eigenvalue weighted by molar-refractivity contribution is -0.141. The molecule has 0 aliphatic carbocycles. The summed E-state index contributed by atoms with van der Waals surface area (Å²) in [5, 5.41) is 11.3. The lowest BCUT2D eigenvalue weighted by Crippen LogP contribution is -2.45. The van der Waals surface area contributed by atoms with Gasteiger partial charge in [-0.15, -0.1) is 0 Å². The maximum absolute atomic E-state index is 11.8. The van der Waals surface area contributed by atoms with Crippen molar-refractivity contribution in [3.05, 3.63) is 24.3 Å². The Morgan fingerprint density at radius 2 is 2.11 bits per heavy atom. The number of para-hydroxylation sites is 2. The minimum absolute atomic E-state index is 0.0652. The fourth-order valence-electron chi connectivity index (χ4n) is 1.60. The molecule has 0 radical (unpaired) electrons. The summed E-state index contributed by atoms with van der Waals surface area (Å²) >= 11 is 0. The highest BCUT2D eigenvalue weighted by atomic mass is 16.6. The van der Waals surface area contributed by atoms with Gasteiger partial charge in [0.05, 0.1) is 5.92 Å². The van der Waals surface area contributed by atoms with E-state index in [9.17, 15) is 9.59 Å². The molecule has 1 aromatic rings. The summed E-state index contributed by atoms with van der Waals surface area (Å²) in [5.74, 6) is -0.847. The summed E-state index contributed by atoms with van der Waals surface area (Å²) in [6.45, 7) is 1.70. The molecule has 1 aromatic carbocycles. The number of rotatable bonds is 4. The van der Waals surface area contributed by atoms with E-state index < -0.39 is 18.0 Å². The third-order valence-electron chi connectivity index (χ3n) is 2.81. The number of benzene rings is 1. The molecular weight excluding hydrogens is 250 g/mol. The zero-order valence-corrected chi connectivity index (χ0v) is 10.5. The molecule has 0 saturated heterocycles. The van der Waals surface area contributed by atoms with Crippen molar-refractivity contribution < 1.29 is 24.2 Å². The van der Waals surface area contributed by atoms with Gasteiger partial charge >= 0.3 is 5.97 Å². The van der Waals surface area contributed by atoms with E-state index in [0.29, 0.717) is 11.5 Å². The lowest BCUT2D eigenvalue weighted by Gasteiger charge is -2.25. The van der Waals surface area contributed by atoms with E-state index in [-0.39, 0.29) is 19.1 Å². The zero-order valence-electron chi connectivity index (χ0n) is 10.5. The molecule has 0 fully saturated rings. The van der Waals surface area contributed by atoms with Gasteiger partial charge in [0, 0.05) is 6.54 Å². The minimum Gasteiger partial charge on any atom is -0.485 e. The molecule has 102 valence electrons. The van der Waals surface area contributed by atoms with Crippen molar-refractivity contribution in [2.24, 2.45) is 5.92 Å². The van der Waals surface area contributed by atoms with Gasteiger partial charge in [0.25, 0.3) is 5.91 Å². The summed E-state index contributed by atoms with van der Waals surface area (Å²) in [4.78, 5) is 22.5. The first-order valence-corrected chi connectivity index (χ1v) is 5.97. The quantitative estimate of drug-likeness (QED) is 0.835. The summed E-state index contributed by atoms with van der Waals surface area (Å²) in [5.41, 5.74) is 0. The Hall–Kier alpha value is -2.24. The smallest absolute Gasteiger partial charge is 0.308 e. The van der Waals surface area contributed by atoms with E-state index in [1.165, 1.54) is 6.92 Å². The van der Waals surface area contributed by atoms with Crippen LogP contribution < -0.4 is 14.8 Å². The first-order valence-electron chi connectivity index (χ1n) is 5.97. The molecule has 0 aromatic heterocycles. The van der Waals surface area contributed by atoms with Crippen molar-refractivity contribution >= 4 is 11.9 Å². The van der Waals surface area contributed by atoms with Gasteiger partial charge in [0.1, 0.15) is 6.61 Å². The maximum Gasteiger partial charge on any atom is 0.308 e. The topological polar surface area (TPSA) is 84.9 Å². The molecule has 1 aliphatic rings. The zero-order chi connectivity index (χ0) is 13.8. The number of aliphatic carboxylic acids is 1. The molecule has 0 unspecified atom stereocenters. The number of amides is 1. The fourth-order valence-corrected chi connectivity index (χ4v) is 1.60. The number of carboxylic acid groups (broad SMARTS) is 1. The molecule has 1 aliphatic heterocycles. The van der Waals surface area contributed by atoms with Crippen LogP contribution in [0.25, 0.3) is 0 Å². The first-order chi connectivity index (χ1) is 9.08. The third kappa shape index (κ3) is 3.15. The monoisotopic (exact) mass is 265 g/mol. The highest BCUT2D eigenvalue weighted by Crippen LogP contribution is 2.30. The minimum atomic E-state index is -0.952. The number of nitrogens with one attached hydrogen (secondary N) is 1. The van der Waals surface area contributed by atoms with E-state index in [1.54, 1.807) is 18.2 Å². The van der Waals surface area contributed by atoms with Crippen LogP contribution in [-0.2, 0) is 9.59 Å². The SMILES string of the molecule is C[C@@H](CNC(=O)[C@H]1COc2ccccc2O1)C(=O)O. The third-order valence-corrected chi connectivity index (χ3v) is 2.81. The van der Waals surface area contributed by atoms with Crippen LogP contribution in [0, 0.1) is 5.92 Å². The van der Waals surface area contributed by atoms with Gasteiger partial charge < -0.3 is 19.9 Å². The summed E-state index contributed by atoms with van der Waals surface area (Å²) < 4.78 is 10.9. The van der Waals surface area contributed by atoms with Crippen LogP contribution >= 0.6 is 0 Å². The maximum atomic E-state index is 11.8. The van der Waals surface area contributed by atoms with Crippen LogP contribution in [-0.4, -0.2) is 36.2 Å². The average molecular weight is 265 g/mol. The Morgan fingerprint density at radius 3 is 2.79 bits per heavy atom. The molecule has 1 heterocycles. The number of carbonyl (C=O) groups is 2. The van der Waals surface area contributed by atoms with Crippen molar-refractivity contribution in [1.29, 1.82) is 0 Å². The number of carboxylic acids is 1. The van der Waals surface area contributed by atoms with Gasteiger partial charge in [-0.25, -0.2) is 0 Å². The molecule has 6 heteroatoms.